The van der Waals surface area contributed by atoms with Crippen molar-refractivity contribution in [2.45, 2.75) is 12.8 Å². The number of hydrogen-bond donors (Lipinski definition) is 3. The van der Waals surface area contributed by atoms with E-state index in [0.29, 0.717) is 37.9 Å². The van der Waals surface area contributed by atoms with Crippen LogP contribution in [0.5, 0.6) is 0 Å². The van der Waals surface area contributed by atoms with E-state index < -0.39 is 5.97 Å². The fraction of sp³-hybridized carbons (Fsp3) is 0.538. The van der Waals surface area contributed by atoms with Gasteiger partial charge in [-0.05, 0) is 18.9 Å². The molecule has 0 bridgehead atoms. The van der Waals surface area contributed by atoms with E-state index in [2.05, 4.69) is 10.3 Å². The van der Waals surface area contributed by atoms with Gasteiger partial charge in [0.05, 0.1) is 24.5 Å². The zero-order chi connectivity index (χ0) is 14.8. The van der Waals surface area contributed by atoms with Gasteiger partial charge < -0.3 is 25.6 Å². The van der Waals surface area contributed by atoms with E-state index in [0.717, 1.165) is 12.8 Å². The monoisotopic (exact) mass is 283 g/mol. The molecule has 0 radical (unpaired) electrons. The molecule has 1 aromatic heterocycles. The first kappa shape index (κ1) is 16.2. The predicted molar refractivity (Wildman–Crippen MR) is 76.0 cm³/mol. The average Bonchev–Trinajstić information content (AvgIpc) is 2.43. The number of pyridine rings is 1. The number of anilines is 2. The fourth-order valence-electron chi connectivity index (χ4n) is 1.53. The van der Waals surface area contributed by atoms with Crippen molar-refractivity contribution in [2.75, 3.05) is 44.5 Å². The number of methoxy groups -OCH3 is 1. The van der Waals surface area contributed by atoms with Gasteiger partial charge in [-0.15, -0.1) is 0 Å². The number of ether oxygens (including phenoxy) is 2. The summed E-state index contributed by atoms with van der Waals surface area (Å²) in [4.78, 5) is 14.7. The van der Waals surface area contributed by atoms with Crippen LogP contribution in [-0.4, -0.2) is 49.5 Å². The first-order valence-corrected chi connectivity index (χ1v) is 6.44. The standard InChI is InChI=1S/C13H21N3O4/c1-19-6-7-20-5-3-2-4-15-12-11(14)8-10(9-16-12)13(17)18/h8-9H,2-7,14H2,1H3,(H,15,16)(H,17,18). The van der Waals surface area contributed by atoms with Gasteiger partial charge in [-0.3, -0.25) is 0 Å². The summed E-state index contributed by atoms with van der Waals surface area (Å²) in [5, 5.41) is 11.9. The normalized spacial score (nSPS) is 10.4. The number of nitrogens with one attached hydrogen (secondary N) is 1. The van der Waals surface area contributed by atoms with Crippen molar-refractivity contribution in [3.05, 3.63) is 17.8 Å². The van der Waals surface area contributed by atoms with Gasteiger partial charge in [0, 0.05) is 26.5 Å². The van der Waals surface area contributed by atoms with Gasteiger partial charge in [-0.25, -0.2) is 9.78 Å². The number of nitrogens with two attached hydrogens (primary N) is 1. The van der Waals surface area contributed by atoms with E-state index in [4.69, 9.17) is 20.3 Å². The van der Waals surface area contributed by atoms with Crippen LogP contribution in [0.1, 0.15) is 23.2 Å². The van der Waals surface area contributed by atoms with Crippen molar-refractivity contribution in [3.8, 4) is 0 Å². The second kappa shape index (κ2) is 9.11. The Hall–Kier alpha value is -1.86. The highest BCUT2D eigenvalue weighted by Gasteiger charge is 2.07. The lowest BCUT2D eigenvalue weighted by Crippen LogP contribution is -2.09. The molecule has 1 rings (SSSR count). The van der Waals surface area contributed by atoms with Crippen molar-refractivity contribution >= 4 is 17.5 Å². The summed E-state index contributed by atoms with van der Waals surface area (Å²) in [5.74, 6) is -0.528. The zero-order valence-corrected chi connectivity index (χ0v) is 11.6. The summed E-state index contributed by atoms with van der Waals surface area (Å²) in [5.41, 5.74) is 6.15. The van der Waals surface area contributed by atoms with Crippen LogP contribution in [0, 0.1) is 0 Å². The molecule has 4 N–H and O–H groups in total. The molecule has 0 fully saturated rings. The minimum atomic E-state index is -1.04. The lowest BCUT2D eigenvalue weighted by molar-refractivity contribution is 0.0691. The summed E-state index contributed by atoms with van der Waals surface area (Å²) >= 11 is 0. The molecular weight excluding hydrogens is 262 g/mol. The summed E-state index contributed by atoms with van der Waals surface area (Å²) < 4.78 is 10.2. The molecular formula is C13H21N3O4. The van der Waals surface area contributed by atoms with Crippen LogP contribution in [0.2, 0.25) is 0 Å². The number of carbonyl (C=O) groups is 1. The molecule has 0 amide bonds. The van der Waals surface area contributed by atoms with E-state index in [1.807, 2.05) is 0 Å². The first-order valence-electron chi connectivity index (χ1n) is 6.44. The molecule has 0 atom stereocenters. The summed E-state index contributed by atoms with van der Waals surface area (Å²) in [6, 6.07) is 1.39. The number of hydrogen-bond acceptors (Lipinski definition) is 6. The third-order valence-corrected chi connectivity index (χ3v) is 2.60. The molecule has 1 heterocycles. The molecule has 7 nitrogen and oxygen atoms in total. The van der Waals surface area contributed by atoms with E-state index in [-0.39, 0.29) is 5.56 Å². The van der Waals surface area contributed by atoms with Crippen LogP contribution in [0.15, 0.2) is 12.3 Å². The summed E-state index contributed by atoms with van der Waals surface area (Å²) in [6.07, 6.45) is 3.12. The van der Waals surface area contributed by atoms with Crippen molar-refractivity contribution in [2.24, 2.45) is 0 Å². The third kappa shape index (κ3) is 5.85. The molecule has 0 aliphatic rings. The quantitative estimate of drug-likeness (QED) is 0.554. The minimum Gasteiger partial charge on any atom is -0.478 e. The van der Waals surface area contributed by atoms with E-state index in [1.54, 1.807) is 7.11 Å². The number of unbranched alkanes of at least 4 members (excludes halogenated alkanes) is 1. The molecule has 0 aromatic carbocycles. The Labute approximate surface area is 118 Å². The fourth-order valence-corrected chi connectivity index (χ4v) is 1.53. The van der Waals surface area contributed by atoms with Gasteiger partial charge >= 0.3 is 5.97 Å². The second-order valence-electron chi connectivity index (χ2n) is 4.21. The molecule has 0 aliphatic carbocycles. The zero-order valence-electron chi connectivity index (χ0n) is 11.6. The highest BCUT2D eigenvalue weighted by atomic mass is 16.5. The van der Waals surface area contributed by atoms with Crippen LogP contribution in [0.25, 0.3) is 0 Å². The Morgan fingerprint density at radius 1 is 1.40 bits per heavy atom. The van der Waals surface area contributed by atoms with E-state index in [9.17, 15) is 4.79 Å². The SMILES string of the molecule is COCCOCCCCNc1ncc(C(=O)O)cc1N. The van der Waals surface area contributed by atoms with Gasteiger partial charge in [-0.1, -0.05) is 0 Å². The minimum absolute atomic E-state index is 0.0830. The van der Waals surface area contributed by atoms with Gasteiger partial charge in [0.2, 0.25) is 0 Å². The average molecular weight is 283 g/mol. The number of nitrogens with zero attached hydrogens (tertiary/aromatic N) is 1. The predicted octanol–water partition coefficient (Wildman–Crippen LogP) is 1.22. The molecule has 0 aliphatic heterocycles. The van der Waals surface area contributed by atoms with Gasteiger partial charge in [0.25, 0.3) is 0 Å². The molecule has 112 valence electrons. The first-order chi connectivity index (χ1) is 9.65. The van der Waals surface area contributed by atoms with Crippen molar-refractivity contribution in [1.82, 2.24) is 4.98 Å². The lowest BCUT2D eigenvalue weighted by Gasteiger charge is -2.09. The van der Waals surface area contributed by atoms with Crippen LogP contribution in [0.3, 0.4) is 0 Å². The number of aromatic carboxylic acids is 1. The Balaban J connectivity index is 2.20. The van der Waals surface area contributed by atoms with Crippen LogP contribution < -0.4 is 11.1 Å². The van der Waals surface area contributed by atoms with E-state index >= 15 is 0 Å². The van der Waals surface area contributed by atoms with Crippen LogP contribution in [-0.2, 0) is 9.47 Å². The number of carboxylic acids is 1. The third-order valence-electron chi connectivity index (χ3n) is 2.60. The van der Waals surface area contributed by atoms with Crippen molar-refractivity contribution in [1.29, 1.82) is 0 Å². The van der Waals surface area contributed by atoms with Crippen LogP contribution >= 0.6 is 0 Å². The highest BCUT2D eigenvalue weighted by molar-refractivity contribution is 5.89. The Bertz CT molecular complexity index is 426. The second-order valence-corrected chi connectivity index (χ2v) is 4.21. The van der Waals surface area contributed by atoms with Gasteiger partial charge in [-0.2, -0.15) is 0 Å². The van der Waals surface area contributed by atoms with Crippen molar-refractivity contribution < 1.29 is 19.4 Å². The molecule has 1 aromatic rings. The summed E-state index contributed by atoms with van der Waals surface area (Å²) in [6.45, 7) is 2.60. The molecule has 0 saturated carbocycles. The molecule has 7 heteroatoms. The van der Waals surface area contributed by atoms with Gasteiger partial charge in [0.15, 0.2) is 0 Å². The lowest BCUT2D eigenvalue weighted by atomic mass is 10.2. The molecule has 0 saturated heterocycles. The van der Waals surface area contributed by atoms with Crippen LogP contribution in [0.4, 0.5) is 11.5 Å². The molecule has 20 heavy (non-hydrogen) atoms. The largest absolute Gasteiger partial charge is 0.478 e. The topological polar surface area (TPSA) is 107 Å². The van der Waals surface area contributed by atoms with Crippen molar-refractivity contribution in [3.63, 3.8) is 0 Å². The maximum absolute atomic E-state index is 10.7. The maximum atomic E-state index is 10.7. The number of nitrogen functional groups attached to an aromatic ring is 1. The Morgan fingerprint density at radius 2 is 2.20 bits per heavy atom. The summed E-state index contributed by atoms with van der Waals surface area (Å²) in [7, 11) is 1.64. The maximum Gasteiger partial charge on any atom is 0.337 e. The number of aromatic nitrogens is 1. The number of rotatable bonds is 10. The molecule has 0 unspecified atom stereocenters. The van der Waals surface area contributed by atoms with Gasteiger partial charge in [0.1, 0.15) is 5.82 Å². The Kier molecular flexibility index (Phi) is 7.38. The van der Waals surface area contributed by atoms with E-state index in [1.165, 1.54) is 12.3 Å². The smallest absolute Gasteiger partial charge is 0.337 e. The highest BCUT2D eigenvalue weighted by Crippen LogP contribution is 2.16. The Morgan fingerprint density at radius 3 is 2.85 bits per heavy atom. The molecule has 0 spiro atoms. The number of carboxylic acid groups (broad SMARTS) is 1.